The zero-order valence-electron chi connectivity index (χ0n) is 11.1. The Morgan fingerprint density at radius 1 is 1.33 bits per heavy atom. The van der Waals surface area contributed by atoms with E-state index in [-0.39, 0.29) is 0 Å². The lowest BCUT2D eigenvalue weighted by atomic mass is 10.1. The van der Waals surface area contributed by atoms with Gasteiger partial charge in [0.2, 0.25) is 0 Å². The summed E-state index contributed by atoms with van der Waals surface area (Å²) in [5.74, 6) is 0. The van der Waals surface area contributed by atoms with Gasteiger partial charge in [0, 0.05) is 35.3 Å². The van der Waals surface area contributed by atoms with Gasteiger partial charge in [-0.15, -0.1) is 11.3 Å². The van der Waals surface area contributed by atoms with Crippen LogP contribution in [0.4, 0.5) is 0 Å². The lowest BCUT2D eigenvalue weighted by Gasteiger charge is -2.19. The van der Waals surface area contributed by atoms with Gasteiger partial charge in [-0.2, -0.15) is 5.10 Å². The van der Waals surface area contributed by atoms with Crippen molar-refractivity contribution in [2.24, 2.45) is 7.05 Å². The van der Waals surface area contributed by atoms with Gasteiger partial charge in [-0.25, -0.2) is 0 Å². The van der Waals surface area contributed by atoms with Gasteiger partial charge < -0.3 is 5.32 Å². The number of aromatic nitrogens is 2. The van der Waals surface area contributed by atoms with Gasteiger partial charge in [-0.3, -0.25) is 4.68 Å². The van der Waals surface area contributed by atoms with Crippen molar-refractivity contribution in [3.05, 3.63) is 38.3 Å². The molecule has 2 atom stereocenters. The second kappa shape index (κ2) is 5.55. The van der Waals surface area contributed by atoms with Crippen LogP contribution in [-0.2, 0) is 7.05 Å². The minimum Gasteiger partial charge on any atom is -0.303 e. The van der Waals surface area contributed by atoms with Crippen molar-refractivity contribution in [3.63, 3.8) is 0 Å². The number of nitrogens with zero attached hydrogens (tertiary/aromatic N) is 2. The lowest BCUT2D eigenvalue weighted by molar-refractivity contribution is 0.498. The smallest absolute Gasteiger partial charge is 0.0701 e. The van der Waals surface area contributed by atoms with Crippen molar-refractivity contribution >= 4 is 27.3 Å². The first-order valence-electron chi connectivity index (χ1n) is 5.99. The molecule has 0 aliphatic carbocycles. The lowest BCUT2D eigenvalue weighted by Crippen LogP contribution is -2.22. The molecule has 0 radical (unpaired) electrons. The van der Waals surface area contributed by atoms with E-state index in [2.05, 4.69) is 59.2 Å². The Morgan fingerprint density at radius 2 is 2.06 bits per heavy atom. The molecule has 2 unspecified atom stereocenters. The van der Waals surface area contributed by atoms with Crippen LogP contribution in [0.5, 0.6) is 0 Å². The fraction of sp³-hybridized carbons (Fsp3) is 0.462. The van der Waals surface area contributed by atoms with Gasteiger partial charge in [0.05, 0.1) is 9.98 Å². The fourth-order valence-electron chi connectivity index (χ4n) is 2.05. The van der Waals surface area contributed by atoms with E-state index in [1.807, 2.05) is 17.9 Å². The number of hydrogen-bond donors (Lipinski definition) is 1. The third-order valence-corrected chi connectivity index (χ3v) is 5.07. The molecular weight excluding hydrogens is 310 g/mol. The Bertz CT molecular complexity index is 532. The van der Waals surface area contributed by atoms with Crippen molar-refractivity contribution in [1.82, 2.24) is 15.1 Å². The van der Waals surface area contributed by atoms with Gasteiger partial charge in [-0.1, -0.05) is 0 Å². The highest BCUT2D eigenvalue weighted by Gasteiger charge is 2.16. The minimum atomic E-state index is 0.301. The second-order valence-corrected chi connectivity index (χ2v) is 7.06. The fourth-order valence-corrected chi connectivity index (χ4v) is 3.48. The van der Waals surface area contributed by atoms with E-state index in [1.54, 1.807) is 11.3 Å². The Morgan fingerprint density at radius 3 is 2.56 bits per heavy atom. The van der Waals surface area contributed by atoms with E-state index in [4.69, 9.17) is 0 Å². The SMILES string of the molecule is Cc1c(C(C)NC(C)c2ccc(Br)s2)cnn1C. The molecule has 2 aromatic heterocycles. The monoisotopic (exact) mass is 327 g/mol. The highest BCUT2D eigenvalue weighted by Crippen LogP contribution is 2.29. The summed E-state index contributed by atoms with van der Waals surface area (Å²) >= 11 is 5.28. The van der Waals surface area contributed by atoms with Gasteiger partial charge >= 0.3 is 0 Å². The maximum absolute atomic E-state index is 4.29. The van der Waals surface area contributed by atoms with E-state index in [9.17, 15) is 0 Å². The van der Waals surface area contributed by atoms with Gasteiger partial charge in [-0.05, 0) is 48.8 Å². The molecule has 98 valence electrons. The summed E-state index contributed by atoms with van der Waals surface area (Å²) in [6.07, 6.45) is 1.95. The predicted octanol–water partition coefficient (Wildman–Crippen LogP) is 3.96. The first-order valence-corrected chi connectivity index (χ1v) is 7.59. The number of aryl methyl sites for hydroxylation is 1. The van der Waals surface area contributed by atoms with Crippen LogP contribution >= 0.6 is 27.3 Å². The first kappa shape index (κ1) is 13.8. The number of hydrogen-bond acceptors (Lipinski definition) is 3. The molecule has 0 spiro atoms. The average molecular weight is 328 g/mol. The molecule has 0 fully saturated rings. The number of halogens is 1. The first-order chi connectivity index (χ1) is 8.49. The van der Waals surface area contributed by atoms with Crippen LogP contribution in [0.25, 0.3) is 0 Å². The van der Waals surface area contributed by atoms with Gasteiger partial charge in [0.15, 0.2) is 0 Å². The summed E-state index contributed by atoms with van der Waals surface area (Å²) in [6, 6.07) is 4.90. The molecule has 0 aromatic carbocycles. The summed E-state index contributed by atoms with van der Waals surface area (Å²) in [5, 5.41) is 7.91. The minimum absolute atomic E-state index is 0.301. The van der Waals surface area contributed by atoms with Crippen molar-refractivity contribution < 1.29 is 0 Å². The van der Waals surface area contributed by atoms with Crippen LogP contribution in [0.2, 0.25) is 0 Å². The highest BCUT2D eigenvalue weighted by atomic mass is 79.9. The maximum atomic E-state index is 4.29. The molecule has 0 saturated carbocycles. The summed E-state index contributed by atoms with van der Waals surface area (Å²) in [7, 11) is 1.98. The molecule has 2 aromatic rings. The van der Waals surface area contributed by atoms with Crippen molar-refractivity contribution in [2.75, 3.05) is 0 Å². The van der Waals surface area contributed by atoms with E-state index in [0.717, 1.165) is 0 Å². The van der Waals surface area contributed by atoms with Gasteiger partial charge in [0.1, 0.15) is 0 Å². The standard InChI is InChI=1S/C13H18BrN3S/c1-8(11-7-15-17(4)10(11)3)16-9(2)12-5-6-13(14)18-12/h5-9,16H,1-4H3. The van der Waals surface area contributed by atoms with E-state index in [1.165, 1.54) is 19.9 Å². The molecule has 2 heterocycles. The second-order valence-electron chi connectivity index (χ2n) is 4.56. The van der Waals surface area contributed by atoms with E-state index < -0.39 is 0 Å². The van der Waals surface area contributed by atoms with Crippen LogP contribution in [-0.4, -0.2) is 9.78 Å². The highest BCUT2D eigenvalue weighted by molar-refractivity contribution is 9.11. The van der Waals surface area contributed by atoms with E-state index in [0.29, 0.717) is 12.1 Å². The molecule has 0 saturated heterocycles. The third kappa shape index (κ3) is 2.84. The summed E-state index contributed by atoms with van der Waals surface area (Å²) in [5.41, 5.74) is 2.48. The van der Waals surface area contributed by atoms with E-state index >= 15 is 0 Å². The summed E-state index contributed by atoms with van der Waals surface area (Å²) in [4.78, 5) is 1.34. The third-order valence-electron chi connectivity index (χ3n) is 3.26. The van der Waals surface area contributed by atoms with Crippen LogP contribution in [0, 0.1) is 6.92 Å². The number of rotatable bonds is 4. The molecule has 0 aliphatic heterocycles. The Hall–Kier alpha value is -0.650. The number of nitrogens with one attached hydrogen (secondary N) is 1. The molecule has 3 nitrogen and oxygen atoms in total. The van der Waals surface area contributed by atoms with Gasteiger partial charge in [0.25, 0.3) is 0 Å². The number of thiophene rings is 1. The molecule has 0 aliphatic rings. The summed E-state index contributed by atoms with van der Waals surface area (Å²) < 4.78 is 3.09. The largest absolute Gasteiger partial charge is 0.303 e. The van der Waals surface area contributed by atoms with Crippen LogP contribution < -0.4 is 5.32 Å². The Kier molecular flexibility index (Phi) is 4.25. The van der Waals surface area contributed by atoms with Crippen molar-refractivity contribution in [3.8, 4) is 0 Å². The topological polar surface area (TPSA) is 29.9 Å². The molecule has 1 N–H and O–H groups in total. The maximum Gasteiger partial charge on any atom is 0.0701 e. The molecule has 18 heavy (non-hydrogen) atoms. The molecule has 5 heteroatoms. The Balaban J connectivity index is 2.07. The zero-order chi connectivity index (χ0) is 13.3. The zero-order valence-corrected chi connectivity index (χ0v) is 13.5. The molecule has 0 amide bonds. The molecule has 0 bridgehead atoms. The van der Waals surface area contributed by atoms with Crippen molar-refractivity contribution in [1.29, 1.82) is 0 Å². The van der Waals surface area contributed by atoms with Crippen molar-refractivity contribution in [2.45, 2.75) is 32.9 Å². The molecule has 2 rings (SSSR count). The average Bonchev–Trinajstić information content (AvgIpc) is 2.87. The predicted molar refractivity (Wildman–Crippen MR) is 79.9 cm³/mol. The molecular formula is C13H18BrN3S. The summed E-state index contributed by atoms with van der Waals surface area (Å²) in [6.45, 7) is 6.48. The van der Waals surface area contributed by atoms with Crippen LogP contribution in [0.3, 0.4) is 0 Å². The quantitative estimate of drug-likeness (QED) is 0.920. The Labute approximate surface area is 120 Å². The normalized spacial score (nSPS) is 14.7. The van der Waals surface area contributed by atoms with Crippen LogP contribution in [0.15, 0.2) is 22.1 Å². The van der Waals surface area contributed by atoms with Crippen LogP contribution in [0.1, 0.15) is 42.1 Å².